The largest absolute Gasteiger partial charge is 0.417 e. The summed E-state index contributed by atoms with van der Waals surface area (Å²) < 4.78 is 49.0. The number of anilines is 1. The first-order chi connectivity index (χ1) is 11.5. The van der Waals surface area contributed by atoms with Gasteiger partial charge in [-0.15, -0.1) is 11.3 Å². The molecule has 0 aliphatic carbocycles. The maximum absolute atomic E-state index is 12.6. The molecule has 0 unspecified atom stereocenters. The summed E-state index contributed by atoms with van der Waals surface area (Å²) in [4.78, 5) is 8.00. The van der Waals surface area contributed by atoms with Crippen LogP contribution in [-0.4, -0.2) is 35.3 Å². The van der Waals surface area contributed by atoms with Crippen LogP contribution in [0.25, 0.3) is 0 Å². The predicted molar refractivity (Wildman–Crippen MR) is 82.8 cm³/mol. The lowest BCUT2D eigenvalue weighted by Gasteiger charge is -2.32. The van der Waals surface area contributed by atoms with E-state index in [4.69, 9.17) is 9.47 Å². The zero-order chi connectivity index (χ0) is 17.0. The molecule has 0 amide bonds. The van der Waals surface area contributed by atoms with Gasteiger partial charge in [-0.1, -0.05) is 0 Å². The van der Waals surface area contributed by atoms with E-state index in [0.717, 1.165) is 18.0 Å². The number of nitrogens with zero attached hydrogens (tertiary/aromatic N) is 2. The van der Waals surface area contributed by atoms with Crippen molar-refractivity contribution in [3.05, 3.63) is 40.5 Å². The maximum atomic E-state index is 12.6. The summed E-state index contributed by atoms with van der Waals surface area (Å²) in [6, 6.07) is 2.26. The Kier molecular flexibility index (Phi) is 5.32. The third kappa shape index (κ3) is 4.43. The van der Waals surface area contributed by atoms with Crippen molar-refractivity contribution >= 4 is 17.2 Å². The molecule has 24 heavy (non-hydrogen) atoms. The van der Waals surface area contributed by atoms with Gasteiger partial charge in [0.1, 0.15) is 11.9 Å². The molecule has 1 saturated heterocycles. The van der Waals surface area contributed by atoms with E-state index >= 15 is 0 Å². The molecule has 1 N–H and O–H groups in total. The normalized spacial score (nSPS) is 21.6. The molecule has 3 heterocycles. The molecule has 0 bridgehead atoms. The van der Waals surface area contributed by atoms with Gasteiger partial charge >= 0.3 is 6.18 Å². The van der Waals surface area contributed by atoms with Gasteiger partial charge < -0.3 is 14.8 Å². The Morgan fingerprint density at radius 1 is 1.33 bits per heavy atom. The minimum atomic E-state index is -4.39. The highest BCUT2D eigenvalue weighted by Crippen LogP contribution is 2.29. The Morgan fingerprint density at radius 2 is 2.21 bits per heavy atom. The van der Waals surface area contributed by atoms with Gasteiger partial charge in [-0.05, 0) is 18.6 Å². The topological polar surface area (TPSA) is 56.3 Å². The fourth-order valence-corrected chi connectivity index (χ4v) is 2.92. The van der Waals surface area contributed by atoms with Crippen LogP contribution in [0.2, 0.25) is 0 Å². The first-order valence-corrected chi connectivity index (χ1v) is 8.33. The van der Waals surface area contributed by atoms with Crippen molar-refractivity contribution in [3.8, 4) is 0 Å². The van der Waals surface area contributed by atoms with Crippen LogP contribution < -0.4 is 5.32 Å². The third-order valence-corrected chi connectivity index (χ3v) is 4.29. The van der Waals surface area contributed by atoms with E-state index in [1.165, 1.54) is 17.4 Å². The zero-order valence-corrected chi connectivity index (χ0v) is 13.4. The fourth-order valence-electron chi connectivity index (χ4n) is 2.38. The highest BCUT2D eigenvalue weighted by Gasteiger charge is 2.31. The second kappa shape index (κ2) is 7.45. The lowest BCUT2D eigenvalue weighted by molar-refractivity contribution is -0.137. The van der Waals surface area contributed by atoms with E-state index in [9.17, 15) is 13.2 Å². The summed E-state index contributed by atoms with van der Waals surface area (Å²) in [6.45, 7) is 1.35. The zero-order valence-electron chi connectivity index (χ0n) is 12.6. The summed E-state index contributed by atoms with van der Waals surface area (Å²) in [5.74, 6) is 0.386. The van der Waals surface area contributed by atoms with Gasteiger partial charge in [0.05, 0.1) is 36.0 Å². The molecule has 5 nitrogen and oxygen atoms in total. The second-order valence-corrected chi connectivity index (χ2v) is 6.09. The molecule has 130 valence electrons. The Hall–Kier alpha value is -1.71. The summed E-state index contributed by atoms with van der Waals surface area (Å²) in [5.41, 5.74) is 1.81. The van der Waals surface area contributed by atoms with Gasteiger partial charge in [-0.2, -0.15) is 13.2 Å². The van der Waals surface area contributed by atoms with Crippen LogP contribution in [0, 0.1) is 0 Å². The van der Waals surface area contributed by atoms with Gasteiger partial charge in [-0.3, -0.25) is 0 Å². The number of alkyl halides is 3. The summed E-state index contributed by atoms with van der Waals surface area (Å²) in [7, 11) is 0. The SMILES string of the molecule is FC(F)(F)c1ccc(N[C@@H]2CCOC[C@H]2OCc2cscn2)nc1. The minimum Gasteiger partial charge on any atom is -0.379 e. The molecular formula is C15H16F3N3O2S. The molecule has 2 aromatic rings. The molecule has 0 radical (unpaired) electrons. The van der Waals surface area contributed by atoms with E-state index in [1.54, 1.807) is 5.51 Å². The number of aromatic nitrogens is 2. The van der Waals surface area contributed by atoms with Crippen LogP contribution in [0.15, 0.2) is 29.2 Å². The number of halogens is 3. The molecule has 1 aliphatic heterocycles. The quantitative estimate of drug-likeness (QED) is 0.887. The number of hydrogen-bond donors (Lipinski definition) is 1. The molecule has 1 aliphatic rings. The van der Waals surface area contributed by atoms with Gasteiger partial charge in [0.2, 0.25) is 0 Å². The third-order valence-electron chi connectivity index (χ3n) is 3.66. The van der Waals surface area contributed by atoms with Crippen LogP contribution in [0.3, 0.4) is 0 Å². The van der Waals surface area contributed by atoms with Gasteiger partial charge in [-0.25, -0.2) is 9.97 Å². The number of nitrogens with one attached hydrogen (secondary N) is 1. The molecule has 0 saturated carbocycles. The molecule has 2 atom stereocenters. The highest BCUT2D eigenvalue weighted by molar-refractivity contribution is 7.07. The predicted octanol–water partition coefficient (Wildman–Crippen LogP) is 3.34. The van der Waals surface area contributed by atoms with E-state index in [-0.39, 0.29) is 12.1 Å². The first kappa shape index (κ1) is 17.1. The molecule has 9 heteroatoms. The van der Waals surface area contributed by atoms with Gasteiger partial charge in [0.25, 0.3) is 0 Å². The van der Waals surface area contributed by atoms with Crippen LogP contribution in [0.4, 0.5) is 19.0 Å². The number of thiazole rings is 1. The lowest BCUT2D eigenvalue weighted by atomic mass is 10.1. The van der Waals surface area contributed by atoms with Gasteiger partial charge in [0.15, 0.2) is 0 Å². The van der Waals surface area contributed by atoms with Crippen molar-refractivity contribution in [1.82, 2.24) is 9.97 Å². The molecule has 1 fully saturated rings. The van der Waals surface area contributed by atoms with Crippen LogP contribution >= 0.6 is 11.3 Å². The fraction of sp³-hybridized carbons (Fsp3) is 0.467. The Labute approximate surface area is 140 Å². The first-order valence-electron chi connectivity index (χ1n) is 7.38. The highest BCUT2D eigenvalue weighted by atomic mass is 32.1. The molecular weight excluding hydrogens is 343 g/mol. The van der Waals surface area contributed by atoms with Crippen molar-refractivity contribution in [2.75, 3.05) is 18.5 Å². The van der Waals surface area contributed by atoms with Crippen LogP contribution in [0.5, 0.6) is 0 Å². The number of ether oxygens (including phenoxy) is 2. The second-order valence-electron chi connectivity index (χ2n) is 5.37. The molecule has 2 aromatic heterocycles. The Bertz CT molecular complexity index is 634. The molecule has 0 spiro atoms. The summed E-state index contributed by atoms with van der Waals surface area (Å²) in [5, 5.41) is 5.04. The number of pyridine rings is 1. The maximum Gasteiger partial charge on any atom is 0.417 e. The van der Waals surface area contributed by atoms with Gasteiger partial charge in [0, 0.05) is 18.2 Å². The standard InChI is InChI=1S/C15H16F3N3O2S/c16-15(17,18)10-1-2-14(19-5-10)21-12-3-4-22-7-13(12)23-6-11-8-24-9-20-11/h1-2,5,8-9,12-13H,3-4,6-7H2,(H,19,21)/t12-,13-/m1/s1. The lowest BCUT2D eigenvalue weighted by Crippen LogP contribution is -2.43. The Balaban J connectivity index is 1.60. The molecule has 0 aromatic carbocycles. The van der Waals surface area contributed by atoms with Crippen molar-refractivity contribution < 1.29 is 22.6 Å². The van der Waals surface area contributed by atoms with Crippen LogP contribution in [0.1, 0.15) is 17.7 Å². The summed E-state index contributed by atoms with van der Waals surface area (Å²) >= 11 is 1.49. The van der Waals surface area contributed by atoms with E-state index < -0.39 is 11.7 Å². The van der Waals surface area contributed by atoms with Crippen molar-refractivity contribution in [3.63, 3.8) is 0 Å². The number of rotatable bonds is 5. The monoisotopic (exact) mass is 359 g/mol. The summed E-state index contributed by atoms with van der Waals surface area (Å²) in [6.07, 6.45) is -3.09. The smallest absolute Gasteiger partial charge is 0.379 e. The van der Waals surface area contributed by atoms with E-state index in [2.05, 4.69) is 15.3 Å². The van der Waals surface area contributed by atoms with Crippen molar-refractivity contribution in [1.29, 1.82) is 0 Å². The van der Waals surface area contributed by atoms with E-state index in [1.807, 2.05) is 5.38 Å². The van der Waals surface area contributed by atoms with Crippen molar-refractivity contribution in [2.24, 2.45) is 0 Å². The average molecular weight is 359 g/mol. The molecule has 3 rings (SSSR count). The minimum absolute atomic E-state index is 0.0818. The van der Waals surface area contributed by atoms with E-state index in [0.29, 0.717) is 32.1 Å². The van der Waals surface area contributed by atoms with Crippen molar-refractivity contribution in [2.45, 2.75) is 31.3 Å². The van der Waals surface area contributed by atoms with Crippen LogP contribution in [-0.2, 0) is 22.3 Å². The number of hydrogen-bond acceptors (Lipinski definition) is 6. The average Bonchev–Trinajstić information content (AvgIpc) is 3.07. The Morgan fingerprint density at radius 3 is 2.88 bits per heavy atom.